The predicted octanol–water partition coefficient (Wildman–Crippen LogP) is 3.77. The Morgan fingerprint density at radius 1 is 0.897 bits per heavy atom. The molecule has 2 aromatic rings. The van der Waals surface area contributed by atoms with Crippen molar-refractivity contribution in [2.75, 3.05) is 5.32 Å². The normalized spacial score (nSPS) is 13.5. The minimum absolute atomic E-state index is 0.155. The fourth-order valence-electron chi connectivity index (χ4n) is 3.20. The molecule has 0 radical (unpaired) electrons. The fraction of sp³-hybridized carbons (Fsp3) is 0.304. The lowest BCUT2D eigenvalue weighted by Gasteiger charge is -2.21. The number of carbonyl (C=O) groups is 4. The van der Waals surface area contributed by atoms with Gasteiger partial charge in [-0.25, -0.2) is 0 Å². The van der Waals surface area contributed by atoms with Gasteiger partial charge in [0.05, 0.1) is 11.3 Å². The molecule has 1 N–H and O–H groups in total. The zero-order valence-electron chi connectivity index (χ0n) is 16.7. The van der Waals surface area contributed by atoms with Crippen molar-refractivity contribution in [3.8, 4) is 0 Å². The van der Waals surface area contributed by atoms with Crippen LogP contribution in [0.15, 0.2) is 42.5 Å². The molecule has 0 saturated carbocycles. The molecule has 0 saturated heterocycles. The lowest BCUT2D eigenvalue weighted by Crippen LogP contribution is -2.31. The zero-order valence-corrected chi connectivity index (χ0v) is 16.7. The second kappa shape index (κ2) is 8.39. The van der Waals surface area contributed by atoms with Crippen molar-refractivity contribution in [3.63, 3.8) is 0 Å². The molecule has 0 heterocycles. The minimum Gasteiger partial charge on any atom is -0.453 e. The molecule has 0 aliphatic heterocycles. The maximum atomic E-state index is 13.0. The quantitative estimate of drug-likeness (QED) is 0.644. The number of fused-ring (bicyclic) bond motifs is 2. The number of benzene rings is 2. The molecule has 0 aromatic heterocycles. The van der Waals surface area contributed by atoms with Crippen molar-refractivity contribution < 1.29 is 23.9 Å². The molecular formula is C23H23NO5. The Balaban J connectivity index is 1.79. The predicted molar refractivity (Wildman–Crippen MR) is 108 cm³/mol. The average molecular weight is 393 g/mol. The molecule has 29 heavy (non-hydrogen) atoms. The first-order valence-electron chi connectivity index (χ1n) is 9.61. The summed E-state index contributed by atoms with van der Waals surface area (Å²) < 4.78 is 5.18. The summed E-state index contributed by atoms with van der Waals surface area (Å²) >= 11 is 0. The molecule has 1 aliphatic rings. The van der Waals surface area contributed by atoms with Gasteiger partial charge in [0.25, 0.3) is 5.91 Å². The van der Waals surface area contributed by atoms with Crippen molar-refractivity contribution >= 4 is 29.1 Å². The van der Waals surface area contributed by atoms with Crippen LogP contribution in [0.5, 0.6) is 0 Å². The maximum Gasteiger partial charge on any atom is 0.306 e. The Kier molecular flexibility index (Phi) is 5.92. The van der Waals surface area contributed by atoms with Crippen molar-refractivity contribution in [1.29, 1.82) is 0 Å². The third kappa shape index (κ3) is 4.26. The van der Waals surface area contributed by atoms with Crippen LogP contribution in [0.2, 0.25) is 0 Å². The van der Waals surface area contributed by atoms with E-state index in [9.17, 15) is 19.2 Å². The summed E-state index contributed by atoms with van der Waals surface area (Å²) in [6.45, 7) is 5.47. The van der Waals surface area contributed by atoms with Gasteiger partial charge in [0.1, 0.15) is 0 Å². The van der Waals surface area contributed by atoms with Gasteiger partial charge in [0.15, 0.2) is 17.7 Å². The molecule has 150 valence electrons. The van der Waals surface area contributed by atoms with E-state index >= 15 is 0 Å². The molecule has 1 atom stereocenters. The lowest BCUT2D eigenvalue weighted by atomic mass is 9.83. The topological polar surface area (TPSA) is 89.5 Å². The Morgan fingerprint density at radius 3 is 2.17 bits per heavy atom. The fourth-order valence-corrected chi connectivity index (χ4v) is 3.20. The van der Waals surface area contributed by atoms with E-state index in [1.54, 1.807) is 42.5 Å². The first-order chi connectivity index (χ1) is 13.8. The van der Waals surface area contributed by atoms with Gasteiger partial charge in [0.2, 0.25) is 0 Å². The summed E-state index contributed by atoms with van der Waals surface area (Å²) in [6, 6.07) is 11.3. The van der Waals surface area contributed by atoms with Crippen LogP contribution in [0.25, 0.3) is 0 Å². The van der Waals surface area contributed by atoms with Gasteiger partial charge in [-0.05, 0) is 25.3 Å². The summed E-state index contributed by atoms with van der Waals surface area (Å²) in [7, 11) is 0. The number of ketones is 2. The highest BCUT2D eigenvalue weighted by molar-refractivity contribution is 6.30. The minimum atomic E-state index is -1.02. The third-order valence-electron chi connectivity index (χ3n) is 4.81. The third-order valence-corrected chi connectivity index (χ3v) is 4.81. The monoisotopic (exact) mass is 393 g/mol. The van der Waals surface area contributed by atoms with E-state index in [0.29, 0.717) is 23.5 Å². The van der Waals surface area contributed by atoms with E-state index in [4.69, 9.17) is 4.74 Å². The number of carbonyl (C=O) groups excluding carboxylic acids is 4. The summed E-state index contributed by atoms with van der Waals surface area (Å²) in [6.07, 6.45) is -0.109. The van der Waals surface area contributed by atoms with Crippen LogP contribution < -0.4 is 5.32 Å². The van der Waals surface area contributed by atoms with E-state index in [0.717, 1.165) is 0 Å². The van der Waals surface area contributed by atoms with Crippen LogP contribution in [-0.4, -0.2) is 29.5 Å². The van der Waals surface area contributed by atoms with Crippen LogP contribution in [0, 0.1) is 5.92 Å². The highest BCUT2D eigenvalue weighted by Crippen LogP contribution is 2.32. The molecule has 0 bridgehead atoms. The van der Waals surface area contributed by atoms with Crippen LogP contribution >= 0.6 is 0 Å². The largest absolute Gasteiger partial charge is 0.453 e. The van der Waals surface area contributed by atoms with Gasteiger partial charge in [-0.15, -0.1) is 0 Å². The van der Waals surface area contributed by atoms with Crippen LogP contribution in [-0.2, 0) is 14.3 Å². The van der Waals surface area contributed by atoms with Crippen molar-refractivity contribution in [2.24, 2.45) is 5.92 Å². The number of hydrogen-bond donors (Lipinski definition) is 1. The highest BCUT2D eigenvalue weighted by Gasteiger charge is 2.32. The van der Waals surface area contributed by atoms with E-state index < -0.39 is 18.0 Å². The van der Waals surface area contributed by atoms with Crippen molar-refractivity contribution in [2.45, 2.75) is 39.7 Å². The first-order valence-corrected chi connectivity index (χ1v) is 9.61. The molecule has 0 spiro atoms. The number of esters is 1. The first kappa shape index (κ1) is 20.5. The Labute approximate surface area is 169 Å². The summed E-state index contributed by atoms with van der Waals surface area (Å²) in [5.74, 6) is -1.24. The van der Waals surface area contributed by atoms with Crippen LogP contribution in [0.4, 0.5) is 5.69 Å². The molecule has 1 unspecified atom stereocenters. The summed E-state index contributed by atoms with van der Waals surface area (Å²) in [5.41, 5.74) is 1.28. The Hall–Kier alpha value is -3.28. The molecule has 1 aliphatic carbocycles. The van der Waals surface area contributed by atoms with Gasteiger partial charge in [-0.2, -0.15) is 0 Å². The van der Waals surface area contributed by atoms with E-state index in [1.165, 1.54) is 6.92 Å². The Bertz CT molecular complexity index is 993. The molecular weight excluding hydrogens is 370 g/mol. The number of rotatable bonds is 6. The number of hydrogen-bond acceptors (Lipinski definition) is 5. The molecule has 1 amide bonds. The second-order valence-electron chi connectivity index (χ2n) is 7.49. The van der Waals surface area contributed by atoms with Gasteiger partial charge in [-0.1, -0.05) is 50.2 Å². The van der Waals surface area contributed by atoms with E-state index in [-0.39, 0.29) is 34.8 Å². The second-order valence-corrected chi connectivity index (χ2v) is 7.49. The summed E-state index contributed by atoms with van der Waals surface area (Å²) in [5, 5.41) is 2.63. The number of anilines is 1. The highest BCUT2D eigenvalue weighted by atomic mass is 16.5. The van der Waals surface area contributed by atoms with Gasteiger partial charge in [-0.3, -0.25) is 19.2 Å². The van der Waals surface area contributed by atoms with E-state index in [1.807, 2.05) is 13.8 Å². The molecule has 3 rings (SSSR count). The number of amides is 1. The smallest absolute Gasteiger partial charge is 0.306 e. The molecule has 0 fully saturated rings. The Morgan fingerprint density at radius 2 is 1.52 bits per heavy atom. The standard InChI is InChI=1S/C23H23NO5/c1-13(2)11-12-19(25)29-14(3)23(28)24-18-10-6-9-17-20(18)22(27)16-8-5-4-7-15(16)21(17)26/h4-10,13-14H,11-12H2,1-3H3,(H,24,28). The van der Waals surface area contributed by atoms with E-state index in [2.05, 4.69) is 5.32 Å². The molecule has 6 heteroatoms. The van der Waals surface area contributed by atoms with Gasteiger partial charge in [0, 0.05) is 23.1 Å². The van der Waals surface area contributed by atoms with Gasteiger partial charge < -0.3 is 10.1 Å². The number of nitrogens with one attached hydrogen (secondary N) is 1. The zero-order chi connectivity index (χ0) is 21.1. The molecule has 2 aromatic carbocycles. The van der Waals surface area contributed by atoms with Crippen molar-refractivity contribution in [1.82, 2.24) is 0 Å². The van der Waals surface area contributed by atoms with Crippen LogP contribution in [0.3, 0.4) is 0 Å². The maximum absolute atomic E-state index is 13.0. The SMILES string of the molecule is CC(C)CCC(=O)OC(C)C(=O)Nc1cccc2c1C(=O)c1ccccc1C2=O. The van der Waals surface area contributed by atoms with Gasteiger partial charge >= 0.3 is 5.97 Å². The van der Waals surface area contributed by atoms with Crippen LogP contribution in [0.1, 0.15) is 65.5 Å². The summed E-state index contributed by atoms with van der Waals surface area (Å²) in [4.78, 5) is 50.1. The number of ether oxygens (including phenoxy) is 1. The lowest BCUT2D eigenvalue weighted by molar-refractivity contribution is -0.153. The van der Waals surface area contributed by atoms with Crippen molar-refractivity contribution in [3.05, 3.63) is 64.7 Å². The molecule has 6 nitrogen and oxygen atoms in total. The average Bonchev–Trinajstić information content (AvgIpc) is 2.70.